The molecule has 0 radical (unpaired) electrons. The van der Waals surface area contributed by atoms with Gasteiger partial charge in [-0.05, 0) is 38.3 Å². The molecule has 1 saturated heterocycles. The van der Waals surface area contributed by atoms with E-state index in [0.717, 1.165) is 25.9 Å². The van der Waals surface area contributed by atoms with E-state index in [-0.39, 0.29) is 22.4 Å². The summed E-state index contributed by atoms with van der Waals surface area (Å²) in [5.41, 5.74) is -0.0938. The second-order valence-electron chi connectivity index (χ2n) is 5.65. The van der Waals surface area contributed by atoms with Gasteiger partial charge in [0.2, 0.25) is 0 Å². The average molecular weight is 313 g/mol. The van der Waals surface area contributed by atoms with Crippen LogP contribution in [0.3, 0.4) is 0 Å². The maximum absolute atomic E-state index is 12.4. The Bertz CT molecular complexity index is 592. The monoisotopic (exact) mass is 313 g/mol. The van der Waals surface area contributed by atoms with Gasteiger partial charge in [-0.2, -0.15) is 0 Å². The van der Waals surface area contributed by atoms with Crippen LogP contribution in [0.5, 0.6) is 0 Å². The Morgan fingerprint density at radius 3 is 2.29 bits per heavy atom. The molecule has 1 N–H and O–H groups in total. The number of piperidine rings is 1. The number of nitro groups is 1. The molecule has 2 rings (SSSR count). The molecule has 1 atom stereocenters. The molecule has 0 unspecified atom stereocenters. The highest BCUT2D eigenvalue weighted by molar-refractivity contribution is 7.91. The molecule has 1 heterocycles. The first-order valence-electron chi connectivity index (χ1n) is 7.22. The molecular formula is C14H21N2O4S+. The molecule has 0 aromatic heterocycles. The number of nitrogens with one attached hydrogen (secondary N) is 1. The van der Waals surface area contributed by atoms with Crippen LogP contribution in [-0.4, -0.2) is 38.2 Å². The van der Waals surface area contributed by atoms with Gasteiger partial charge in [-0.3, -0.25) is 10.1 Å². The van der Waals surface area contributed by atoms with Gasteiger partial charge < -0.3 is 4.90 Å². The fourth-order valence-electron chi connectivity index (χ4n) is 2.82. The lowest BCUT2D eigenvalue weighted by Crippen LogP contribution is -3.16. The molecule has 0 spiro atoms. The highest BCUT2D eigenvalue weighted by Gasteiger charge is 2.27. The molecule has 1 aromatic rings. The van der Waals surface area contributed by atoms with E-state index < -0.39 is 14.8 Å². The van der Waals surface area contributed by atoms with E-state index in [1.54, 1.807) is 0 Å². The predicted octanol–water partition coefficient (Wildman–Crippen LogP) is 0.826. The number of hydrogen-bond acceptors (Lipinski definition) is 4. The standard InChI is InChI=1S/C14H20N2O4S/c1-12(15-9-3-2-4-10-15)11-21(19,20)14-7-5-13(6-8-14)16(17)18/h5-8,12H,2-4,9-11H2,1H3/p+1/t12-/m1/s1. The summed E-state index contributed by atoms with van der Waals surface area (Å²) in [7, 11) is -3.39. The number of quaternary nitrogens is 1. The van der Waals surface area contributed by atoms with Crippen LogP contribution < -0.4 is 4.90 Å². The number of nitro benzene ring substituents is 1. The van der Waals surface area contributed by atoms with Crippen molar-refractivity contribution >= 4 is 15.5 Å². The smallest absolute Gasteiger partial charge is 0.269 e. The van der Waals surface area contributed by atoms with Gasteiger partial charge in [0.05, 0.1) is 29.0 Å². The van der Waals surface area contributed by atoms with Crippen molar-refractivity contribution < 1.29 is 18.2 Å². The van der Waals surface area contributed by atoms with E-state index >= 15 is 0 Å². The quantitative estimate of drug-likeness (QED) is 0.645. The van der Waals surface area contributed by atoms with Crippen LogP contribution >= 0.6 is 0 Å². The third-order valence-electron chi connectivity index (χ3n) is 4.07. The zero-order chi connectivity index (χ0) is 15.5. The largest absolute Gasteiger partial charge is 0.332 e. The summed E-state index contributed by atoms with van der Waals surface area (Å²) in [5.74, 6) is 0.0835. The van der Waals surface area contributed by atoms with Crippen molar-refractivity contribution in [3.05, 3.63) is 34.4 Å². The van der Waals surface area contributed by atoms with Gasteiger partial charge >= 0.3 is 0 Å². The number of hydrogen-bond donors (Lipinski definition) is 1. The minimum Gasteiger partial charge on any atom is -0.332 e. The van der Waals surface area contributed by atoms with Gasteiger partial charge in [0.1, 0.15) is 5.75 Å². The Labute approximate surface area is 124 Å². The SMILES string of the molecule is C[C@H](CS(=O)(=O)c1ccc([N+](=O)[O-])cc1)[NH+]1CCCCC1. The number of nitrogens with zero attached hydrogens (tertiary/aromatic N) is 1. The van der Waals surface area contributed by atoms with Crippen LogP contribution in [0.25, 0.3) is 0 Å². The van der Waals surface area contributed by atoms with Crippen molar-refractivity contribution in [1.82, 2.24) is 0 Å². The van der Waals surface area contributed by atoms with Crippen molar-refractivity contribution in [2.45, 2.75) is 37.1 Å². The molecule has 1 fully saturated rings. The highest BCUT2D eigenvalue weighted by Crippen LogP contribution is 2.17. The Kier molecular flexibility index (Phi) is 4.95. The molecule has 7 heteroatoms. The highest BCUT2D eigenvalue weighted by atomic mass is 32.2. The molecule has 1 aliphatic heterocycles. The molecule has 6 nitrogen and oxygen atoms in total. The molecule has 116 valence electrons. The number of likely N-dealkylation sites (tertiary alicyclic amines) is 1. The lowest BCUT2D eigenvalue weighted by molar-refractivity contribution is -0.925. The van der Waals surface area contributed by atoms with Gasteiger partial charge in [0.15, 0.2) is 9.84 Å². The third-order valence-corrected chi connectivity index (χ3v) is 6.00. The van der Waals surface area contributed by atoms with E-state index in [9.17, 15) is 18.5 Å². The number of non-ortho nitro benzene ring substituents is 1. The van der Waals surface area contributed by atoms with Crippen molar-refractivity contribution in [1.29, 1.82) is 0 Å². The van der Waals surface area contributed by atoms with E-state index in [1.165, 1.54) is 35.6 Å². The summed E-state index contributed by atoms with van der Waals surface area (Å²) in [6.45, 7) is 4.01. The Hall–Kier alpha value is -1.47. The topological polar surface area (TPSA) is 81.7 Å². The van der Waals surface area contributed by atoms with Crippen LogP contribution in [0.2, 0.25) is 0 Å². The summed E-state index contributed by atoms with van der Waals surface area (Å²) < 4.78 is 24.8. The van der Waals surface area contributed by atoms with Crippen LogP contribution in [0.15, 0.2) is 29.2 Å². The van der Waals surface area contributed by atoms with Gasteiger partial charge in [-0.15, -0.1) is 0 Å². The second kappa shape index (κ2) is 6.53. The third kappa shape index (κ3) is 4.01. The van der Waals surface area contributed by atoms with Gasteiger partial charge in [0.25, 0.3) is 5.69 Å². The lowest BCUT2D eigenvalue weighted by atomic mass is 10.1. The van der Waals surface area contributed by atoms with E-state index in [0.29, 0.717) is 0 Å². The Morgan fingerprint density at radius 2 is 1.76 bits per heavy atom. The first kappa shape index (κ1) is 15.9. The summed E-state index contributed by atoms with van der Waals surface area (Å²) in [6, 6.07) is 5.18. The first-order valence-corrected chi connectivity index (χ1v) is 8.87. The number of benzene rings is 1. The average Bonchev–Trinajstić information content (AvgIpc) is 2.48. The van der Waals surface area contributed by atoms with E-state index in [2.05, 4.69) is 0 Å². The minimum absolute atomic E-state index is 0.0468. The summed E-state index contributed by atoms with van der Waals surface area (Å²) >= 11 is 0. The van der Waals surface area contributed by atoms with Crippen molar-refractivity contribution in [2.24, 2.45) is 0 Å². The second-order valence-corrected chi connectivity index (χ2v) is 7.69. The zero-order valence-electron chi connectivity index (χ0n) is 12.1. The first-order chi connectivity index (χ1) is 9.90. The van der Waals surface area contributed by atoms with Crippen LogP contribution in [0, 0.1) is 10.1 Å². The maximum Gasteiger partial charge on any atom is 0.269 e. The summed E-state index contributed by atoms with van der Waals surface area (Å²) in [4.78, 5) is 11.6. The van der Waals surface area contributed by atoms with Crippen LogP contribution in [-0.2, 0) is 9.84 Å². The predicted molar refractivity (Wildman–Crippen MR) is 79.2 cm³/mol. The van der Waals surface area contributed by atoms with Gasteiger partial charge in [0, 0.05) is 12.1 Å². The number of rotatable bonds is 5. The van der Waals surface area contributed by atoms with E-state index in [4.69, 9.17) is 0 Å². The number of sulfone groups is 1. The molecule has 0 amide bonds. The summed E-state index contributed by atoms with van der Waals surface area (Å²) in [6.07, 6.45) is 3.53. The zero-order valence-corrected chi connectivity index (χ0v) is 12.9. The summed E-state index contributed by atoms with van der Waals surface area (Å²) in [5, 5.41) is 10.6. The normalized spacial score (nSPS) is 18.3. The van der Waals surface area contributed by atoms with Crippen molar-refractivity contribution in [3.63, 3.8) is 0 Å². The molecule has 0 bridgehead atoms. The van der Waals surface area contributed by atoms with Gasteiger partial charge in [-0.25, -0.2) is 8.42 Å². The van der Waals surface area contributed by atoms with Crippen molar-refractivity contribution in [3.8, 4) is 0 Å². The molecule has 0 saturated carbocycles. The fourth-order valence-corrected chi connectivity index (χ4v) is 4.45. The van der Waals surface area contributed by atoms with Crippen LogP contribution in [0.1, 0.15) is 26.2 Å². The minimum atomic E-state index is -3.39. The molecule has 0 aliphatic carbocycles. The molecule has 1 aliphatic rings. The van der Waals surface area contributed by atoms with Crippen LogP contribution in [0.4, 0.5) is 5.69 Å². The Morgan fingerprint density at radius 1 is 1.19 bits per heavy atom. The Balaban J connectivity index is 2.08. The fraction of sp³-hybridized carbons (Fsp3) is 0.571. The van der Waals surface area contributed by atoms with Crippen molar-refractivity contribution in [2.75, 3.05) is 18.8 Å². The van der Waals surface area contributed by atoms with Gasteiger partial charge in [-0.1, -0.05) is 0 Å². The van der Waals surface area contributed by atoms with E-state index in [1.807, 2.05) is 6.92 Å². The maximum atomic E-state index is 12.4. The molecule has 21 heavy (non-hydrogen) atoms. The molecule has 1 aromatic carbocycles. The molecular weight excluding hydrogens is 292 g/mol. The lowest BCUT2D eigenvalue weighted by Gasteiger charge is -2.29.